The van der Waals surface area contributed by atoms with Crippen LogP contribution in [0, 0.1) is 13.8 Å². The Morgan fingerprint density at radius 3 is 2.53 bits per heavy atom. The summed E-state index contributed by atoms with van der Waals surface area (Å²) in [5.74, 6) is 0.875. The molecule has 1 aromatic heterocycles. The number of ether oxygens (including phenoxy) is 1. The Hall–Kier alpha value is -1.39. The van der Waals surface area contributed by atoms with E-state index in [0.29, 0.717) is 6.61 Å². The van der Waals surface area contributed by atoms with Gasteiger partial charge in [0, 0.05) is 0 Å². The van der Waals surface area contributed by atoms with Crippen LogP contribution in [0.2, 0.25) is 0 Å². The zero-order valence-electron chi connectivity index (χ0n) is 11.7. The fraction of sp³-hybridized carbons (Fsp3) is 0.400. The van der Waals surface area contributed by atoms with Crippen molar-refractivity contribution in [1.82, 2.24) is 4.98 Å². The molecular formula is C15H19NO2S. The van der Waals surface area contributed by atoms with Crippen molar-refractivity contribution in [2.45, 2.75) is 39.9 Å². The van der Waals surface area contributed by atoms with E-state index in [1.54, 1.807) is 13.8 Å². The highest BCUT2D eigenvalue weighted by Gasteiger charge is 2.22. The van der Waals surface area contributed by atoms with E-state index < -0.39 is 5.60 Å². The quantitative estimate of drug-likeness (QED) is 0.929. The van der Waals surface area contributed by atoms with Crippen molar-refractivity contribution >= 4 is 11.3 Å². The molecule has 0 atom stereocenters. The summed E-state index contributed by atoms with van der Waals surface area (Å²) in [5, 5.41) is 10.9. The van der Waals surface area contributed by atoms with Crippen LogP contribution >= 0.6 is 11.3 Å². The lowest BCUT2D eigenvalue weighted by Crippen LogP contribution is -2.14. The van der Waals surface area contributed by atoms with E-state index in [-0.39, 0.29) is 0 Å². The van der Waals surface area contributed by atoms with Crippen LogP contribution in [0.1, 0.15) is 35.0 Å². The van der Waals surface area contributed by atoms with Crippen LogP contribution in [0.25, 0.3) is 0 Å². The van der Waals surface area contributed by atoms with Crippen LogP contribution in [-0.2, 0) is 12.2 Å². The smallest absolute Gasteiger partial charge is 0.140 e. The molecule has 0 radical (unpaired) electrons. The summed E-state index contributed by atoms with van der Waals surface area (Å²) in [7, 11) is 0. The highest BCUT2D eigenvalue weighted by molar-refractivity contribution is 7.11. The first kappa shape index (κ1) is 14.0. The normalized spacial score (nSPS) is 11.6. The SMILES string of the molecule is Cc1ccccc1OCc1nc(C)c(C(C)(C)O)s1. The van der Waals surface area contributed by atoms with Gasteiger partial charge in [-0.15, -0.1) is 11.3 Å². The van der Waals surface area contributed by atoms with Gasteiger partial charge in [0.2, 0.25) is 0 Å². The molecule has 0 aliphatic heterocycles. The molecule has 102 valence electrons. The zero-order chi connectivity index (χ0) is 14.0. The number of aliphatic hydroxyl groups is 1. The lowest BCUT2D eigenvalue weighted by molar-refractivity contribution is 0.0817. The second-order valence-corrected chi connectivity index (χ2v) is 6.22. The van der Waals surface area contributed by atoms with Gasteiger partial charge in [0.1, 0.15) is 17.4 Å². The molecule has 0 spiro atoms. The molecule has 0 unspecified atom stereocenters. The lowest BCUT2D eigenvalue weighted by atomic mass is 10.1. The Labute approximate surface area is 117 Å². The third-order valence-electron chi connectivity index (χ3n) is 2.84. The monoisotopic (exact) mass is 277 g/mol. The van der Waals surface area contributed by atoms with Crippen molar-refractivity contribution in [3.8, 4) is 5.75 Å². The van der Waals surface area contributed by atoms with Gasteiger partial charge in [0.25, 0.3) is 0 Å². The third kappa shape index (κ3) is 3.33. The number of benzene rings is 1. The molecule has 1 N–H and O–H groups in total. The van der Waals surface area contributed by atoms with Gasteiger partial charge >= 0.3 is 0 Å². The summed E-state index contributed by atoms with van der Waals surface area (Å²) in [6.45, 7) is 7.93. The molecule has 0 saturated carbocycles. The maximum Gasteiger partial charge on any atom is 0.140 e. The van der Waals surface area contributed by atoms with Crippen molar-refractivity contribution < 1.29 is 9.84 Å². The Kier molecular flexibility index (Phi) is 3.92. The summed E-state index contributed by atoms with van der Waals surface area (Å²) in [5.41, 5.74) is 1.14. The molecule has 4 heteroatoms. The van der Waals surface area contributed by atoms with Gasteiger partial charge in [0.15, 0.2) is 0 Å². The van der Waals surface area contributed by atoms with Crippen LogP contribution < -0.4 is 4.74 Å². The minimum atomic E-state index is -0.845. The fourth-order valence-corrected chi connectivity index (χ4v) is 2.92. The van der Waals surface area contributed by atoms with Gasteiger partial charge in [-0.05, 0) is 39.3 Å². The van der Waals surface area contributed by atoms with Crippen LogP contribution in [-0.4, -0.2) is 10.1 Å². The van der Waals surface area contributed by atoms with Gasteiger partial charge in [-0.2, -0.15) is 0 Å². The molecule has 0 bridgehead atoms. The van der Waals surface area contributed by atoms with Gasteiger partial charge in [0.05, 0.1) is 16.2 Å². The van der Waals surface area contributed by atoms with Crippen LogP contribution in [0.15, 0.2) is 24.3 Å². The summed E-state index contributed by atoms with van der Waals surface area (Å²) in [6, 6.07) is 7.91. The molecule has 0 aliphatic rings. The molecule has 0 aliphatic carbocycles. The average Bonchev–Trinajstić information content (AvgIpc) is 2.69. The summed E-state index contributed by atoms with van der Waals surface area (Å²) in [4.78, 5) is 5.35. The number of hydrogen-bond acceptors (Lipinski definition) is 4. The second kappa shape index (κ2) is 5.31. The predicted octanol–water partition coefficient (Wildman–Crippen LogP) is 3.57. The van der Waals surface area contributed by atoms with Gasteiger partial charge < -0.3 is 9.84 Å². The molecule has 0 amide bonds. The lowest BCUT2D eigenvalue weighted by Gasteiger charge is -2.15. The second-order valence-electron chi connectivity index (χ2n) is 5.14. The number of aromatic nitrogens is 1. The predicted molar refractivity (Wildman–Crippen MR) is 77.6 cm³/mol. The van der Waals surface area contributed by atoms with Crippen molar-refractivity contribution in [3.63, 3.8) is 0 Å². The van der Waals surface area contributed by atoms with Gasteiger partial charge in [-0.3, -0.25) is 0 Å². The van der Waals surface area contributed by atoms with Crippen molar-refractivity contribution in [3.05, 3.63) is 45.4 Å². The Morgan fingerprint density at radius 2 is 1.95 bits per heavy atom. The topological polar surface area (TPSA) is 42.4 Å². The summed E-state index contributed by atoms with van der Waals surface area (Å²) in [6.07, 6.45) is 0. The fourth-order valence-electron chi connectivity index (χ4n) is 1.94. The van der Waals surface area contributed by atoms with Crippen LogP contribution in [0.5, 0.6) is 5.75 Å². The Morgan fingerprint density at radius 1 is 1.26 bits per heavy atom. The van der Waals surface area contributed by atoms with E-state index in [9.17, 15) is 5.11 Å². The number of nitrogens with zero attached hydrogens (tertiary/aromatic N) is 1. The third-order valence-corrected chi connectivity index (χ3v) is 4.29. The summed E-state index contributed by atoms with van der Waals surface area (Å²) < 4.78 is 5.77. The first-order valence-corrected chi connectivity index (χ1v) is 7.07. The van der Waals surface area contributed by atoms with Crippen molar-refractivity contribution in [2.24, 2.45) is 0 Å². The van der Waals surface area contributed by atoms with Crippen LogP contribution in [0.4, 0.5) is 0 Å². The van der Waals surface area contributed by atoms with Crippen molar-refractivity contribution in [1.29, 1.82) is 0 Å². The molecule has 2 aromatic rings. The van der Waals surface area contributed by atoms with Crippen LogP contribution in [0.3, 0.4) is 0 Å². The average molecular weight is 277 g/mol. The highest BCUT2D eigenvalue weighted by atomic mass is 32.1. The molecule has 0 fully saturated rings. The summed E-state index contributed by atoms with van der Waals surface area (Å²) >= 11 is 1.51. The molecule has 1 heterocycles. The molecule has 1 aromatic carbocycles. The Bertz CT molecular complexity index is 570. The minimum absolute atomic E-state index is 0.437. The van der Waals surface area contributed by atoms with E-state index in [4.69, 9.17) is 4.74 Å². The van der Waals surface area contributed by atoms with E-state index in [1.165, 1.54) is 11.3 Å². The zero-order valence-corrected chi connectivity index (χ0v) is 12.5. The molecular weight excluding hydrogens is 258 g/mol. The Balaban J connectivity index is 2.11. The first-order chi connectivity index (χ1) is 8.88. The standard InChI is InChI=1S/C15H19NO2S/c1-10-7-5-6-8-12(10)18-9-13-16-11(2)14(19-13)15(3,4)17/h5-8,17H,9H2,1-4H3. The largest absolute Gasteiger partial charge is 0.486 e. The van der Waals surface area contributed by atoms with E-state index in [0.717, 1.165) is 26.9 Å². The number of para-hydroxylation sites is 1. The molecule has 2 rings (SSSR count). The minimum Gasteiger partial charge on any atom is -0.486 e. The molecule has 0 saturated heterocycles. The van der Waals surface area contributed by atoms with E-state index in [1.807, 2.05) is 38.1 Å². The van der Waals surface area contributed by atoms with E-state index in [2.05, 4.69) is 4.98 Å². The maximum atomic E-state index is 10.0. The number of thiazole rings is 1. The van der Waals surface area contributed by atoms with E-state index >= 15 is 0 Å². The van der Waals surface area contributed by atoms with Crippen molar-refractivity contribution in [2.75, 3.05) is 0 Å². The number of hydrogen-bond donors (Lipinski definition) is 1. The first-order valence-electron chi connectivity index (χ1n) is 6.25. The highest BCUT2D eigenvalue weighted by Crippen LogP contribution is 2.30. The maximum absolute atomic E-state index is 10.0. The number of aryl methyl sites for hydroxylation is 2. The van der Waals surface area contributed by atoms with Gasteiger partial charge in [-0.25, -0.2) is 4.98 Å². The van der Waals surface area contributed by atoms with Gasteiger partial charge in [-0.1, -0.05) is 18.2 Å². The molecule has 19 heavy (non-hydrogen) atoms. The number of rotatable bonds is 4. The molecule has 3 nitrogen and oxygen atoms in total.